The Morgan fingerprint density at radius 1 is 1.35 bits per heavy atom. The van der Waals surface area contributed by atoms with Crippen LogP contribution in [0.15, 0.2) is 0 Å². The summed E-state index contributed by atoms with van der Waals surface area (Å²) in [4.78, 5) is 12.5. The van der Waals surface area contributed by atoms with Crippen molar-refractivity contribution in [2.75, 3.05) is 11.5 Å². The van der Waals surface area contributed by atoms with E-state index in [2.05, 4.69) is 5.32 Å². The zero-order valence-corrected chi connectivity index (χ0v) is 11.4. The minimum absolute atomic E-state index is 0.0195. The molecule has 3 N–H and O–H groups in total. The topological polar surface area (TPSA) is 72.2 Å². The smallest absolute Gasteiger partial charge is 0.233 e. The third-order valence-corrected chi connectivity index (χ3v) is 5.61. The van der Waals surface area contributed by atoms with E-state index in [1.165, 1.54) is 0 Å². The summed E-state index contributed by atoms with van der Waals surface area (Å²) in [6, 6.07) is 0.145. The molecule has 0 radical (unpaired) electrons. The molecule has 0 atom stereocenters. The fourth-order valence-electron chi connectivity index (χ4n) is 2.38. The molecule has 2 rings (SSSR count). The number of carbonyl (C=O) groups is 1. The maximum Gasteiger partial charge on any atom is 0.233 e. The van der Waals surface area contributed by atoms with E-state index in [0.29, 0.717) is 16.5 Å². The van der Waals surface area contributed by atoms with Crippen molar-refractivity contribution < 1.29 is 9.00 Å². The molecule has 0 bridgehead atoms. The van der Waals surface area contributed by atoms with E-state index in [1.54, 1.807) is 0 Å². The minimum atomic E-state index is -0.695. The number of amides is 1. The monoisotopic (exact) mass is 274 g/mol. The highest BCUT2D eigenvalue weighted by Crippen LogP contribution is 2.41. The van der Waals surface area contributed by atoms with Gasteiger partial charge in [0.1, 0.15) is 0 Å². The van der Waals surface area contributed by atoms with Gasteiger partial charge in [-0.25, -0.2) is 0 Å². The molecule has 2 aliphatic rings. The second-order valence-corrected chi connectivity index (χ2v) is 7.03. The highest BCUT2D eigenvalue weighted by molar-refractivity contribution is 7.85. The van der Waals surface area contributed by atoms with Crippen LogP contribution in [0.2, 0.25) is 0 Å². The van der Waals surface area contributed by atoms with Crippen LogP contribution in [-0.2, 0) is 15.6 Å². The SMILES string of the molecule is NC(=S)C1(C(=O)NC2CCS(=O)CC2)CCC1. The Kier molecular flexibility index (Phi) is 3.82. The number of nitrogens with two attached hydrogens (primary N) is 1. The summed E-state index contributed by atoms with van der Waals surface area (Å²) in [6.07, 6.45) is 4.15. The van der Waals surface area contributed by atoms with E-state index in [9.17, 15) is 9.00 Å². The first-order valence-corrected chi connectivity index (χ1v) is 7.90. The number of carbonyl (C=O) groups excluding carboxylic acids is 1. The largest absolute Gasteiger partial charge is 0.392 e. The Balaban J connectivity index is 1.92. The molecular formula is C11H18N2O2S2. The highest BCUT2D eigenvalue weighted by atomic mass is 32.2. The van der Waals surface area contributed by atoms with Gasteiger partial charge in [-0.05, 0) is 25.7 Å². The Labute approximate surface area is 109 Å². The zero-order valence-electron chi connectivity index (χ0n) is 9.74. The molecule has 96 valence electrons. The molecule has 4 nitrogen and oxygen atoms in total. The van der Waals surface area contributed by atoms with Crippen LogP contribution in [0.4, 0.5) is 0 Å². The lowest BCUT2D eigenvalue weighted by Gasteiger charge is -2.40. The Bertz CT molecular complexity index is 356. The van der Waals surface area contributed by atoms with Gasteiger partial charge in [0, 0.05) is 28.3 Å². The first-order valence-electron chi connectivity index (χ1n) is 6.00. The summed E-state index contributed by atoms with van der Waals surface area (Å²) >= 11 is 5.01. The van der Waals surface area contributed by atoms with Gasteiger partial charge in [0.05, 0.1) is 10.4 Å². The molecule has 0 aromatic heterocycles. The summed E-state index contributed by atoms with van der Waals surface area (Å²) in [5, 5.41) is 3.02. The maximum absolute atomic E-state index is 12.2. The van der Waals surface area contributed by atoms with Crippen molar-refractivity contribution in [3.63, 3.8) is 0 Å². The van der Waals surface area contributed by atoms with Crippen molar-refractivity contribution in [1.29, 1.82) is 0 Å². The zero-order chi connectivity index (χ0) is 12.5. The standard InChI is InChI=1S/C11H18N2O2S2/c12-9(16)11(4-1-5-11)10(14)13-8-2-6-17(15)7-3-8/h8H,1-7H2,(H2,12,16)(H,13,14). The molecular weight excluding hydrogens is 256 g/mol. The molecule has 17 heavy (non-hydrogen) atoms. The van der Waals surface area contributed by atoms with Gasteiger partial charge in [0.25, 0.3) is 0 Å². The molecule has 0 aromatic rings. The highest BCUT2D eigenvalue weighted by Gasteiger charge is 2.47. The lowest BCUT2D eigenvalue weighted by molar-refractivity contribution is -0.131. The number of rotatable bonds is 3. The van der Waals surface area contributed by atoms with Crippen LogP contribution in [0.3, 0.4) is 0 Å². The molecule has 1 saturated carbocycles. The Morgan fingerprint density at radius 3 is 2.35 bits per heavy atom. The Hall–Kier alpha value is -0.490. The molecule has 0 unspecified atom stereocenters. The average Bonchev–Trinajstić information content (AvgIpc) is 2.19. The molecule has 0 aromatic carbocycles. The lowest BCUT2D eigenvalue weighted by Crippen LogP contribution is -2.55. The summed E-state index contributed by atoms with van der Waals surface area (Å²) in [7, 11) is -0.695. The molecule has 1 aliphatic heterocycles. The van der Waals surface area contributed by atoms with Gasteiger partial charge < -0.3 is 11.1 Å². The fourth-order valence-corrected chi connectivity index (χ4v) is 3.97. The van der Waals surface area contributed by atoms with Crippen LogP contribution in [0, 0.1) is 5.41 Å². The van der Waals surface area contributed by atoms with E-state index >= 15 is 0 Å². The Morgan fingerprint density at radius 2 is 1.94 bits per heavy atom. The van der Waals surface area contributed by atoms with Crippen LogP contribution >= 0.6 is 12.2 Å². The average molecular weight is 274 g/mol. The van der Waals surface area contributed by atoms with E-state index < -0.39 is 16.2 Å². The van der Waals surface area contributed by atoms with E-state index in [-0.39, 0.29) is 11.9 Å². The second kappa shape index (κ2) is 5.02. The van der Waals surface area contributed by atoms with Gasteiger partial charge in [-0.3, -0.25) is 9.00 Å². The van der Waals surface area contributed by atoms with Crippen LogP contribution in [-0.4, -0.2) is 32.7 Å². The van der Waals surface area contributed by atoms with Gasteiger partial charge in [0.2, 0.25) is 5.91 Å². The predicted molar refractivity (Wildman–Crippen MR) is 72.1 cm³/mol. The first kappa shape index (κ1) is 13.0. The number of hydrogen-bond donors (Lipinski definition) is 2. The molecule has 1 amide bonds. The number of nitrogens with one attached hydrogen (secondary N) is 1. The molecule has 1 aliphatic carbocycles. The third kappa shape index (κ3) is 2.52. The van der Waals surface area contributed by atoms with Gasteiger partial charge in [-0.15, -0.1) is 0 Å². The molecule has 6 heteroatoms. The van der Waals surface area contributed by atoms with E-state index in [0.717, 1.165) is 32.1 Å². The number of thiocarbonyl (C=S) groups is 1. The van der Waals surface area contributed by atoms with E-state index in [1.807, 2.05) is 0 Å². The van der Waals surface area contributed by atoms with Crippen LogP contribution < -0.4 is 11.1 Å². The van der Waals surface area contributed by atoms with E-state index in [4.69, 9.17) is 18.0 Å². The van der Waals surface area contributed by atoms with Gasteiger partial charge >= 0.3 is 0 Å². The quantitative estimate of drug-likeness (QED) is 0.734. The summed E-state index contributed by atoms with van der Waals surface area (Å²) < 4.78 is 11.2. The van der Waals surface area contributed by atoms with Gasteiger partial charge in [-0.1, -0.05) is 18.6 Å². The lowest BCUT2D eigenvalue weighted by atomic mass is 9.68. The van der Waals surface area contributed by atoms with Crippen LogP contribution in [0.1, 0.15) is 32.1 Å². The molecule has 2 fully saturated rings. The first-order chi connectivity index (χ1) is 8.04. The van der Waals surface area contributed by atoms with Gasteiger partial charge in [0.15, 0.2) is 0 Å². The summed E-state index contributed by atoms with van der Waals surface area (Å²) in [5.74, 6) is 1.35. The predicted octanol–water partition coefficient (Wildman–Crippen LogP) is 0.470. The number of hydrogen-bond acceptors (Lipinski definition) is 3. The van der Waals surface area contributed by atoms with Crippen molar-refractivity contribution in [3.8, 4) is 0 Å². The third-order valence-electron chi connectivity index (χ3n) is 3.84. The summed E-state index contributed by atoms with van der Waals surface area (Å²) in [6.45, 7) is 0. The summed E-state index contributed by atoms with van der Waals surface area (Å²) in [5.41, 5.74) is 5.09. The van der Waals surface area contributed by atoms with Crippen molar-refractivity contribution in [2.24, 2.45) is 11.1 Å². The molecule has 0 spiro atoms. The fraction of sp³-hybridized carbons (Fsp3) is 0.818. The maximum atomic E-state index is 12.2. The van der Waals surface area contributed by atoms with Crippen LogP contribution in [0.25, 0.3) is 0 Å². The van der Waals surface area contributed by atoms with Gasteiger partial charge in [-0.2, -0.15) is 0 Å². The van der Waals surface area contributed by atoms with Crippen molar-refractivity contribution >= 4 is 33.9 Å². The minimum Gasteiger partial charge on any atom is -0.392 e. The molecule has 1 heterocycles. The second-order valence-electron chi connectivity index (χ2n) is 4.90. The van der Waals surface area contributed by atoms with Crippen molar-refractivity contribution in [1.82, 2.24) is 5.32 Å². The normalized spacial score (nSPS) is 31.3. The van der Waals surface area contributed by atoms with Crippen LogP contribution in [0.5, 0.6) is 0 Å². The molecule has 1 saturated heterocycles. The van der Waals surface area contributed by atoms with Crippen molar-refractivity contribution in [2.45, 2.75) is 38.1 Å². The van der Waals surface area contributed by atoms with Crippen molar-refractivity contribution in [3.05, 3.63) is 0 Å².